The van der Waals surface area contributed by atoms with Crippen molar-refractivity contribution in [1.82, 2.24) is 9.78 Å². The molecule has 0 saturated carbocycles. The number of Topliss-reactive ketones (excluding diaryl/α,β-unsaturated/α-hetero) is 1. The van der Waals surface area contributed by atoms with Crippen LogP contribution in [0.1, 0.15) is 82.1 Å². The maximum absolute atomic E-state index is 12.3. The molecule has 0 N–H and O–H groups in total. The Balaban J connectivity index is 2.30. The molecule has 0 aliphatic heterocycles. The van der Waals surface area contributed by atoms with Crippen molar-refractivity contribution >= 4 is 21.7 Å². The molecule has 0 spiro atoms. The summed E-state index contributed by atoms with van der Waals surface area (Å²) in [6.07, 6.45) is 12.0. The first kappa shape index (κ1) is 17.4. The molecule has 1 aromatic heterocycles. The number of ketones is 1. The van der Waals surface area contributed by atoms with Gasteiger partial charge in [-0.1, -0.05) is 52.4 Å². The zero-order valence-corrected chi connectivity index (χ0v) is 14.4. The Labute approximate surface area is 131 Å². The largest absolute Gasteiger partial charge is 0.292 e. The zero-order valence-electron chi connectivity index (χ0n) is 12.8. The van der Waals surface area contributed by atoms with E-state index in [1.54, 1.807) is 6.20 Å². The van der Waals surface area contributed by atoms with E-state index in [1.165, 1.54) is 32.1 Å². The van der Waals surface area contributed by atoms with Crippen LogP contribution in [0.25, 0.3) is 0 Å². The summed E-state index contributed by atoms with van der Waals surface area (Å²) in [6, 6.07) is 0. The van der Waals surface area contributed by atoms with Gasteiger partial charge in [0, 0.05) is 13.0 Å². The van der Waals surface area contributed by atoms with Gasteiger partial charge in [0.25, 0.3) is 0 Å². The topological polar surface area (TPSA) is 34.9 Å². The molecule has 0 amide bonds. The van der Waals surface area contributed by atoms with Crippen molar-refractivity contribution in [1.29, 1.82) is 0 Å². The van der Waals surface area contributed by atoms with Crippen molar-refractivity contribution in [2.45, 2.75) is 78.2 Å². The predicted octanol–water partition coefficient (Wildman–Crippen LogP) is 5.38. The van der Waals surface area contributed by atoms with E-state index in [-0.39, 0.29) is 5.78 Å². The minimum atomic E-state index is 0.219. The molecule has 0 atom stereocenters. The molecule has 0 saturated heterocycles. The van der Waals surface area contributed by atoms with Crippen molar-refractivity contribution in [3.8, 4) is 0 Å². The maximum Gasteiger partial charge on any atom is 0.182 e. The second kappa shape index (κ2) is 10.1. The Kier molecular flexibility index (Phi) is 8.83. The van der Waals surface area contributed by atoms with Gasteiger partial charge in [-0.3, -0.25) is 9.48 Å². The van der Waals surface area contributed by atoms with Crippen LogP contribution in [0.2, 0.25) is 0 Å². The average molecular weight is 343 g/mol. The molecular weight excluding hydrogens is 316 g/mol. The Morgan fingerprint density at radius 3 is 2.40 bits per heavy atom. The number of unbranched alkanes of at least 4 members (excludes halogenated alkanes) is 6. The molecular formula is C16H27BrN2O. The summed E-state index contributed by atoms with van der Waals surface area (Å²) in [5.74, 6) is 0.219. The first-order valence-electron chi connectivity index (χ1n) is 7.95. The normalized spacial score (nSPS) is 10.9. The highest BCUT2D eigenvalue weighted by molar-refractivity contribution is 9.10. The third-order valence-electron chi connectivity index (χ3n) is 3.50. The molecule has 4 heteroatoms. The third-order valence-corrected chi connectivity index (χ3v) is 4.08. The first-order chi connectivity index (χ1) is 9.70. The quantitative estimate of drug-likeness (QED) is 0.399. The van der Waals surface area contributed by atoms with Crippen LogP contribution >= 0.6 is 15.9 Å². The summed E-state index contributed by atoms with van der Waals surface area (Å²) < 4.78 is 2.66. The molecule has 114 valence electrons. The summed E-state index contributed by atoms with van der Waals surface area (Å²) in [5.41, 5.74) is 0.748. The van der Waals surface area contributed by atoms with Crippen molar-refractivity contribution in [2.24, 2.45) is 0 Å². The minimum Gasteiger partial charge on any atom is -0.292 e. The zero-order chi connectivity index (χ0) is 14.8. The molecule has 1 aromatic rings. The predicted molar refractivity (Wildman–Crippen MR) is 87.2 cm³/mol. The lowest BCUT2D eigenvalue weighted by atomic mass is 10.1. The van der Waals surface area contributed by atoms with Crippen LogP contribution in [0.3, 0.4) is 0 Å². The fraction of sp³-hybridized carbons (Fsp3) is 0.750. The number of nitrogens with zero attached hydrogens (tertiary/aromatic N) is 2. The second-order valence-electron chi connectivity index (χ2n) is 5.36. The van der Waals surface area contributed by atoms with Crippen LogP contribution in [-0.4, -0.2) is 15.6 Å². The molecule has 0 radical (unpaired) electrons. The van der Waals surface area contributed by atoms with Gasteiger partial charge in [-0.15, -0.1) is 0 Å². The van der Waals surface area contributed by atoms with Crippen LogP contribution in [0.5, 0.6) is 0 Å². The number of aromatic nitrogens is 2. The lowest BCUT2D eigenvalue weighted by molar-refractivity contribution is 0.0967. The van der Waals surface area contributed by atoms with Gasteiger partial charge in [0.05, 0.1) is 10.7 Å². The Hall–Kier alpha value is -0.640. The number of carbonyl (C=O) groups excluding carboxylic acids is 1. The SMILES string of the molecule is CCCCCCCCCC(=O)c1c(Br)cnn1CCC. The van der Waals surface area contributed by atoms with Gasteiger partial charge >= 0.3 is 0 Å². The lowest BCUT2D eigenvalue weighted by Gasteiger charge is -2.06. The van der Waals surface area contributed by atoms with Crippen LogP contribution in [0.4, 0.5) is 0 Å². The molecule has 0 aliphatic carbocycles. The molecule has 3 nitrogen and oxygen atoms in total. The van der Waals surface area contributed by atoms with Crippen molar-refractivity contribution in [3.05, 3.63) is 16.4 Å². The van der Waals surface area contributed by atoms with Crippen LogP contribution < -0.4 is 0 Å². The third kappa shape index (κ3) is 5.78. The van der Waals surface area contributed by atoms with Gasteiger partial charge in [-0.2, -0.15) is 5.10 Å². The highest BCUT2D eigenvalue weighted by Gasteiger charge is 2.16. The van der Waals surface area contributed by atoms with Gasteiger partial charge in [-0.05, 0) is 28.8 Å². The number of carbonyl (C=O) groups is 1. The summed E-state index contributed by atoms with van der Waals surface area (Å²) in [7, 11) is 0. The number of hydrogen-bond acceptors (Lipinski definition) is 2. The smallest absolute Gasteiger partial charge is 0.182 e. The van der Waals surface area contributed by atoms with E-state index < -0.39 is 0 Å². The van der Waals surface area contributed by atoms with Crippen molar-refractivity contribution in [3.63, 3.8) is 0 Å². The lowest BCUT2D eigenvalue weighted by Crippen LogP contribution is -2.11. The number of aryl methyl sites for hydroxylation is 1. The standard InChI is InChI=1S/C16H27BrN2O/c1-3-5-6-7-8-9-10-11-15(20)16-14(17)13-18-19(16)12-4-2/h13H,3-12H2,1-2H3. The maximum atomic E-state index is 12.3. The molecule has 0 aromatic carbocycles. The van der Waals surface area contributed by atoms with E-state index in [4.69, 9.17) is 0 Å². The van der Waals surface area contributed by atoms with Crippen LogP contribution in [0, 0.1) is 0 Å². The fourth-order valence-corrected chi connectivity index (χ4v) is 2.90. The van der Waals surface area contributed by atoms with E-state index >= 15 is 0 Å². The molecule has 1 heterocycles. The molecule has 0 bridgehead atoms. The minimum absolute atomic E-state index is 0.219. The monoisotopic (exact) mass is 342 g/mol. The first-order valence-corrected chi connectivity index (χ1v) is 8.74. The summed E-state index contributed by atoms with van der Waals surface area (Å²) in [4.78, 5) is 12.3. The Morgan fingerprint density at radius 1 is 1.10 bits per heavy atom. The Bertz CT molecular complexity index is 401. The molecule has 0 aliphatic rings. The van der Waals surface area contributed by atoms with Gasteiger partial charge < -0.3 is 0 Å². The van der Waals surface area contributed by atoms with Gasteiger partial charge in [0.15, 0.2) is 5.78 Å². The van der Waals surface area contributed by atoms with Crippen molar-refractivity contribution < 1.29 is 4.79 Å². The molecule has 0 unspecified atom stereocenters. The highest BCUT2D eigenvalue weighted by Crippen LogP contribution is 2.19. The van der Waals surface area contributed by atoms with E-state index in [0.717, 1.165) is 36.0 Å². The van der Waals surface area contributed by atoms with Gasteiger partial charge in [-0.25, -0.2) is 0 Å². The van der Waals surface area contributed by atoms with E-state index in [2.05, 4.69) is 34.9 Å². The van der Waals surface area contributed by atoms with Gasteiger partial charge in [0.1, 0.15) is 5.69 Å². The summed E-state index contributed by atoms with van der Waals surface area (Å²) in [6.45, 7) is 5.14. The Morgan fingerprint density at radius 2 is 1.75 bits per heavy atom. The molecule has 0 fully saturated rings. The van der Waals surface area contributed by atoms with E-state index in [1.807, 2.05) is 4.68 Å². The number of halogens is 1. The number of rotatable bonds is 11. The van der Waals surface area contributed by atoms with E-state index in [0.29, 0.717) is 6.42 Å². The van der Waals surface area contributed by atoms with Crippen LogP contribution in [0.15, 0.2) is 10.7 Å². The number of hydrogen-bond donors (Lipinski definition) is 0. The second-order valence-corrected chi connectivity index (χ2v) is 6.21. The molecule has 1 rings (SSSR count). The summed E-state index contributed by atoms with van der Waals surface area (Å²) >= 11 is 3.43. The van der Waals surface area contributed by atoms with E-state index in [9.17, 15) is 4.79 Å². The summed E-state index contributed by atoms with van der Waals surface area (Å²) in [5, 5.41) is 4.25. The van der Waals surface area contributed by atoms with Gasteiger partial charge in [0.2, 0.25) is 0 Å². The average Bonchev–Trinajstić information content (AvgIpc) is 2.79. The van der Waals surface area contributed by atoms with Crippen LogP contribution in [-0.2, 0) is 6.54 Å². The molecule has 20 heavy (non-hydrogen) atoms. The fourth-order valence-electron chi connectivity index (χ4n) is 2.38. The highest BCUT2D eigenvalue weighted by atomic mass is 79.9. The van der Waals surface area contributed by atoms with Crippen molar-refractivity contribution in [2.75, 3.05) is 0 Å².